The number of amidine groups is 1. The molecule has 0 aliphatic carbocycles. The second-order valence-electron chi connectivity index (χ2n) is 10.4. The van der Waals surface area contributed by atoms with E-state index in [9.17, 15) is 27.6 Å². The van der Waals surface area contributed by atoms with E-state index in [0.29, 0.717) is 0 Å². The molecule has 0 unspecified atom stereocenters. The highest BCUT2D eigenvalue weighted by atomic mass is 32.2. The lowest BCUT2D eigenvalue weighted by Gasteiger charge is -2.44. The Morgan fingerprint density at radius 2 is 1.39 bits per heavy atom. The van der Waals surface area contributed by atoms with E-state index in [2.05, 4.69) is 9.71 Å². The molecule has 5 atom stereocenters. The molecule has 0 bridgehead atoms. The number of nitrogens with one attached hydrogen (secondary N) is 1. The fourth-order valence-electron chi connectivity index (χ4n) is 4.46. The van der Waals surface area contributed by atoms with Crippen molar-refractivity contribution in [3.05, 3.63) is 65.7 Å². The van der Waals surface area contributed by atoms with Gasteiger partial charge >= 0.3 is 23.9 Å². The molecule has 1 aliphatic rings. The zero-order chi connectivity index (χ0) is 33.9. The van der Waals surface area contributed by atoms with Crippen molar-refractivity contribution in [2.45, 2.75) is 83.2 Å². The van der Waals surface area contributed by atoms with E-state index in [1.54, 1.807) is 12.1 Å². The first kappa shape index (κ1) is 36.1. The smallest absolute Gasteiger partial charge is 0.303 e. The summed E-state index contributed by atoms with van der Waals surface area (Å²) in [6.07, 6.45) is -6.87. The van der Waals surface area contributed by atoms with Gasteiger partial charge in [0.25, 0.3) is 10.0 Å². The number of benzene rings is 2. The molecule has 1 fully saturated rings. The summed E-state index contributed by atoms with van der Waals surface area (Å²) in [5.74, 6) is -2.93. The Bertz CT molecular complexity index is 1500. The molecular formula is C31H38N2O12S. The molecule has 0 saturated carbocycles. The maximum absolute atomic E-state index is 13.2. The van der Waals surface area contributed by atoms with E-state index in [-0.39, 0.29) is 30.3 Å². The van der Waals surface area contributed by atoms with Crippen molar-refractivity contribution in [3.63, 3.8) is 0 Å². The number of nitrogens with zero attached hydrogens (tertiary/aromatic N) is 1. The molecule has 250 valence electrons. The maximum atomic E-state index is 13.2. The average molecular weight is 663 g/mol. The van der Waals surface area contributed by atoms with Crippen LogP contribution in [-0.2, 0) is 64.2 Å². The molecule has 3 rings (SSSR count). The highest BCUT2D eigenvalue weighted by molar-refractivity contribution is 7.90. The van der Waals surface area contributed by atoms with Crippen LogP contribution in [0.4, 0.5) is 0 Å². The van der Waals surface area contributed by atoms with E-state index in [0.717, 1.165) is 38.8 Å². The van der Waals surface area contributed by atoms with E-state index >= 15 is 0 Å². The first-order valence-electron chi connectivity index (χ1n) is 14.3. The van der Waals surface area contributed by atoms with Gasteiger partial charge < -0.3 is 28.4 Å². The third-order valence-corrected chi connectivity index (χ3v) is 7.85. The number of rotatable bonds is 13. The second-order valence-corrected chi connectivity index (χ2v) is 12.0. The molecule has 2 aromatic carbocycles. The number of ether oxygens (including phenoxy) is 6. The largest absolute Gasteiger partial charge is 0.463 e. The number of esters is 4. The molecule has 15 heteroatoms. The fraction of sp³-hybridized carbons (Fsp3) is 0.452. The summed E-state index contributed by atoms with van der Waals surface area (Å²) in [6, 6.07) is 15.5. The van der Waals surface area contributed by atoms with Crippen LogP contribution in [0, 0.1) is 6.92 Å². The fourth-order valence-corrected chi connectivity index (χ4v) is 5.55. The molecule has 0 aromatic heterocycles. The van der Waals surface area contributed by atoms with Gasteiger partial charge in [-0.2, -0.15) is 0 Å². The molecule has 1 saturated heterocycles. The van der Waals surface area contributed by atoms with Crippen LogP contribution < -0.4 is 4.72 Å². The highest BCUT2D eigenvalue weighted by Gasteiger charge is 2.52. The number of sulfonamides is 1. The van der Waals surface area contributed by atoms with Crippen LogP contribution in [0.3, 0.4) is 0 Å². The van der Waals surface area contributed by atoms with Crippen LogP contribution in [0.5, 0.6) is 0 Å². The molecule has 0 spiro atoms. The van der Waals surface area contributed by atoms with E-state index < -0.39 is 71.2 Å². The lowest BCUT2D eigenvalue weighted by Crippen LogP contribution is -2.63. The Balaban J connectivity index is 1.88. The van der Waals surface area contributed by atoms with Gasteiger partial charge in [-0.05, 0) is 24.6 Å². The Kier molecular flexibility index (Phi) is 13.2. The van der Waals surface area contributed by atoms with Gasteiger partial charge in [-0.1, -0.05) is 48.0 Å². The SMILES string of the molecule is CC(=O)OC[C@H]1O[C@H](OCCC(=NCc2ccccc2)NS(=O)(=O)c2ccc(C)cc2)[C@@H](OC(C)=O)[C@@H](OC(C)=O)[C@@H]1OC(C)=O. The number of carbonyl (C=O) groups is 4. The van der Waals surface area contributed by atoms with E-state index in [4.69, 9.17) is 28.4 Å². The quantitative estimate of drug-likeness (QED) is 0.143. The van der Waals surface area contributed by atoms with Crippen molar-refractivity contribution in [3.8, 4) is 0 Å². The minimum absolute atomic E-state index is 0.0333. The van der Waals surface area contributed by atoms with E-state index in [1.807, 2.05) is 37.3 Å². The summed E-state index contributed by atoms with van der Waals surface area (Å²) >= 11 is 0. The summed E-state index contributed by atoms with van der Waals surface area (Å²) in [4.78, 5) is 52.2. The van der Waals surface area contributed by atoms with Crippen LogP contribution in [0.1, 0.15) is 45.2 Å². The molecule has 0 radical (unpaired) electrons. The molecule has 0 amide bonds. The minimum Gasteiger partial charge on any atom is -0.463 e. The monoisotopic (exact) mass is 662 g/mol. The van der Waals surface area contributed by atoms with Gasteiger partial charge in [0, 0.05) is 34.1 Å². The van der Waals surface area contributed by atoms with Crippen molar-refractivity contribution in [2.24, 2.45) is 4.99 Å². The van der Waals surface area contributed by atoms with Crippen LogP contribution in [0.2, 0.25) is 0 Å². The normalized spacial score (nSPS) is 21.5. The molecule has 46 heavy (non-hydrogen) atoms. The van der Waals surface area contributed by atoms with Crippen LogP contribution >= 0.6 is 0 Å². The predicted molar refractivity (Wildman–Crippen MR) is 162 cm³/mol. The predicted octanol–water partition coefficient (Wildman–Crippen LogP) is 2.36. The summed E-state index contributed by atoms with van der Waals surface area (Å²) in [5.41, 5.74) is 1.71. The summed E-state index contributed by atoms with van der Waals surface area (Å²) < 4.78 is 62.0. The molecular weight excluding hydrogens is 624 g/mol. The first-order chi connectivity index (χ1) is 21.7. The van der Waals surface area contributed by atoms with Gasteiger partial charge in [0.05, 0.1) is 18.0 Å². The van der Waals surface area contributed by atoms with Gasteiger partial charge in [0.1, 0.15) is 18.5 Å². The van der Waals surface area contributed by atoms with Gasteiger partial charge in [0.2, 0.25) is 0 Å². The average Bonchev–Trinajstić information content (AvgIpc) is 2.97. The van der Waals surface area contributed by atoms with Crippen molar-refractivity contribution in [1.82, 2.24) is 4.72 Å². The number of aryl methyl sites for hydroxylation is 1. The van der Waals surface area contributed by atoms with Gasteiger partial charge in [-0.15, -0.1) is 0 Å². The van der Waals surface area contributed by atoms with Gasteiger partial charge in [0.15, 0.2) is 24.6 Å². The van der Waals surface area contributed by atoms with Crippen molar-refractivity contribution >= 4 is 39.7 Å². The third-order valence-electron chi connectivity index (χ3n) is 6.45. The molecule has 1 aliphatic heterocycles. The molecule has 2 aromatic rings. The topological polar surface area (TPSA) is 182 Å². The lowest BCUT2D eigenvalue weighted by molar-refractivity contribution is -0.307. The number of carbonyl (C=O) groups excluding carboxylic acids is 4. The Labute approximate surface area is 267 Å². The number of aliphatic imine (C=N–C) groups is 1. The second kappa shape index (κ2) is 16.8. The lowest BCUT2D eigenvalue weighted by atomic mass is 9.98. The van der Waals surface area contributed by atoms with Crippen molar-refractivity contribution in [2.75, 3.05) is 13.2 Å². The summed E-state index contributed by atoms with van der Waals surface area (Å²) in [7, 11) is -4.02. The van der Waals surface area contributed by atoms with Gasteiger partial charge in [-0.25, -0.2) is 8.42 Å². The summed E-state index contributed by atoms with van der Waals surface area (Å²) in [6.45, 7) is 5.85. The van der Waals surface area contributed by atoms with Gasteiger partial charge in [-0.3, -0.25) is 28.9 Å². The first-order valence-corrected chi connectivity index (χ1v) is 15.8. The zero-order valence-corrected chi connectivity index (χ0v) is 27.0. The molecule has 1 heterocycles. The third kappa shape index (κ3) is 11.2. The minimum atomic E-state index is -4.02. The highest BCUT2D eigenvalue weighted by Crippen LogP contribution is 2.30. The van der Waals surface area contributed by atoms with Crippen molar-refractivity contribution < 1.29 is 56.0 Å². The number of hydrogen-bond acceptors (Lipinski definition) is 13. The van der Waals surface area contributed by atoms with Crippen molar-refractivity contribution in [1.29, 1.82) is 0 Å². The Hall–Kier alpha value is -4.34. The molecule has 1 N–H and O–H groups in total. The maximum Gasteiger partial charge on any atom is 0.303 e. The Morgan fingerprint density at radius 3 is 1.98 bits per heavy atom. The van der Waals surface area contributed by atoms with E-state index in [1.165, 1.54) is 12.1 Å². The zero-order valence-electron chi connectivity index (χ0n) is 26.2. The van der Waals surface area contributed by atoms with Crippen LogP contribution in [-0.4, -0.2) is 82.1 Å². The Morgan fingerprint density at radius 1 is 0.804 bits per heavy atom. The summed E-state index contributed by atoms with van der Waals surface area (Å²) in [5, 5.41) is 0. The number of hydrogen-bond donors (Lipinski definition) is 1. The molecule has 14 nitrogen and oxygen atoms in total. The van der Waals surface area contributed by atoms with Crippen LogP contribution in [0.25, 0.3) is 0 Å². The van der Waals surface area contributed by atoms with Crippen LogP contribution in [0.15, 0.2) is 64.5 Å². The standard InChI is InChI=1S/C31H38N2O12S/c1-19-11-13-25(14-12-19)46(38,39)33-27(32-17-24-9-7-6-8-10-24)15-16-40-31-30(44-23(5)37)29(43-22(4)36)28(42-21(3)35)26(45-31)18-41-20(2)34/h6-14,26,28-31H,15-18H2,1-5H3,(H,32,33)/t26-,28-,29+,30+,31+/m1/s1.